The number of methoxy groups -OCH3 is 2. The third-order valence-electron chi connectivity index (χ3n) is 7.45. The van der Waals surface area contributed by atoms with E-state index in [2.05, 4.69) is 15.6 Å². The van der Waals surface area contributed by atoms with Gasteiger partial charge in [0.05, 0.1) is 38.3 Å². The van der Waals surface area contributed by atoms with Crippen molar-refractivity contribution in [1.82, 2.24) is 19.7 Å². The van der Waals surface area contributed by atoms with E-state index in [4.69, 9.17) is 29.0 Å². The lowest BCUT2D eigenvalue weighted by atomic mass is 9.94. The van der Waals surface area contributed by atoms with E-state index in [0.29, 0.717) is 70.5 Å². The summed E-state index contributed by atoms with van der Waals surface area (Å²) in [6.07, 6.45) is 3.25. The number of nitrogens with one attached hydrogen (secondary N) is 2. The van der Waals surface area contributed by atoms with Crippen LogP contribution < -0.4 is 29.6 Å². The first-order valence-electron chi connectivity index (χ1n) is 14.8. The van der Waals surface area contributed by atoms with Crippen molar-refractivity contribution in [2.24, 2.45) is 0 Å². The van der Waals surface area contributed by atoms with Gasteiger partial charge < -0.3 is 29.6 Å². The second kappa shape index (κ2) is 13.4. The van der Waals surface area contributed by atoms with Gasteiger partial charge >= 0.3 is 0 Å². The maximum Gasteiger partial charge on any atom is 0.255 e. The summed E-state index contributed by atoms with van der Waals surface area (Å²) in [6.45, 7) is 4.57. The third kappa shape index (κ3) is 6.34. The molecule has 1 aliphatic heterocycles. The van der Waals surface area contributed by atoms with Crippen LogP contribution in [0.25, 0.3) is 11.4 Å². The Bertz CT molecular complexity index is 1850. The number of hydrogen-bond donors (Lipinski definition) is 2. The van der Waals surface area contributed by atoms with Crippen molar-refractivity contribution in [3.8, 4) is 34.4 Å². The number of allylic oxidation sites excluding steroid dienone is 1. The number of carbonyl (C=O) groups is 1. The maximum absolute atomic E-state index is 14.0. The zero-order valence-corrected chi connectivity index (χ0v) is 26.0. The average molecular weight is 619 g/mol. The van der Waals surface area contributed by atoms with E-state index in [0.717, 1.165) is 11.1 Å². The Kier molecular flexibility index (Phi) is 8.82. The van der Waals surface area contributed by atoms with Crippen molar-refractivity contribution < 1.29 is 23.7 Å². The molecule has 1 aliphatic rings. The molecule has 234 valence electrons. The normalized spacial score (nSPS) is 13.8. The molecule has 1 atom stereocenters. The number of anilines is 2. The Morgan fingerprint density at radius 1 is 0.935 bits per heavy atom. The van der Waals surface area contributed by atoms with Gasteiger partial charge in [-0.15, -0.1) is 5.10 Å². The SMILES string of the molecule is CCOc1cc(C2C(C(=O)Nc3cccnc3)=C(C)Nc3nc(-c4cc(OC)cc(OC)c4)nn32)ccc1OCc1ccccc1. The molecule has 0 spiro atoms. The molecule has 1 amide bonds. The van der Waals surface area contributed by atoms with Crippen LogP contribution in [-0.4, -0.2) is 46.5 Å². The van der Waals surface area contributed by atoms with Crippen LogP contribution in [0.15, 0.2) is 103 Å². The quantitative estimate of drug-likeness (QED) is 0.177. The topological polar surface area (TPSA) is 122 Å². The van der Waals surface area contributed by atoms with Crippen molar-refractivity contribution in [1.29, 1.82) is 0 Å². The van der Waals surface area contributed by atoms with Crippen LogP contribution in [0.3, 0.4) is 0 Å². The summed E-state index contributed by atoms with van der Waals surface area (Å²) in [5, 5.41) is 11.2. The molecule has 0 fully saturated rings. The molecule has 0 saturated heterocycles. The van der Waals surface area contributed by atoms with Crippen LogP contribution in [0.4, 0.5) is 11.6 Å². The van der Waals surface area contributed by atoms with E-state index >= 15 is 0 Å². The Morgan fingerprint density at radius 3 is 2.41 bits per heavy atom. The first-order chi connectivity index (χ1) is 22.5. The van der Waals surface area contributed by atoms with Crippen molar-refractivity contribution in [2.75, 3.05) is 31.5 Å². The molecule has 6 rings (SSSR count). The fourth-order valence-electron chi connectivity index (χ4n) is 5.26. The van der Waals surface area contributed by atoms with Crippen LogP contribution in [0.1, 0.15) is 31.0 Å². The summed E-state index contributed by atoms with van der Waals surface area (Å²) in [6, 6.07) is 23.9. The lowest BCUT2D eigenvalue weighted by molar-refractivity contribution is -0.113. The van der Waals surface area contributed by atoms with Gasteiger partial charge in [-0.3, -0.25) is 9.78 Å². The molecule has 0 bridgehead atoms. The lowest BCUT2D eigenvalue weighted by Crippen LogP contribution is -2.31. The van der Waals surface area contributed by atoms with Gasteiger partial charge in [-0.1, -0.05) is 36.4 Å². The van der Waals surface area contributed by atoms with E-state index in [9.17, 15) is 4.79 Å². The zero-order chi connectivity index (χ0) is 32.0. The first kappa shape index (κ1) is 30.2. The van der Waals surface area contributed by atoms with Crippen molar-refractivity contribution in [2.45, 2.75) is 26.5 Å². The van der Waals surface area contributed by atoms with Crippen LogP contribution in [-0.2, 0) is 11.4 Å². The molecule has 0 radical (unpaired) electrons. The molecule has 46 heavy (non-hydrogen) atoms. The molecular weight excluding hydrogens is 584 g/mol. The van der Waals surface area contributed by atoms with Gasteiger partial charge in [0.25, 0.3) is 5.91 Å². The van der Waals surface area contributed by atoms with Gasteiger partial charge in [0.2, 0.25) is 5.95 Å². The number of nitrogens with zero attached hydrogens (tertiary/aromatic N) is 4. The number of aromatic nitrogens is 4. The van der Waals surface area contributed by atoms with Gasteiger partial charge in [-0.05, 0) is 61.4 Å². The monoisotopic (exact) mass is 618 g/mol. The number of amides is 1. The average Bonchev–Trinajstić information content (AvgIpc) is 3.51. The molecule has 1 unspecified atom stereocenters. The summed E-state index contributed by atoms with van der Waals surface area (Å²) in [4.78, 5) is 22.9. The number of pyridine rings is 1. The minimum atomic E-state index is -0.663. The molecule has 0 aliphatic carbocycles. The van der Waals surface area contributed by atoms with E-state index < -0.39 is 6.04 Å². The Balaban J connectivity index is 1.43. The molecule has 2 aromatic heterocycles. The highest BCUT2D eigenvalue weighted by Crippen LogP contribution is 2.40. The fourth-order valence-corrected chi connectivity index (χ4v) is 5.26. The highest BCUT2D eigenvalue weighted by Gasteiger charge is 2.35. The number of rotatable bonds is 11. The van der Waals surface area contributed by atoms with Gasteiger partial charge in [-0.25, -0.2) is 4.68 Å². The molecule has 2 N–H and O–H groups in total. The van der Waals surface area contributed by atoms with Crippen LogP contribution in [0.2, 0.25) is 0 Å². The molecular formula is C35H34N6O5. The van der Waals surface area contributed by atoms with Crippen LogP contribution >= 0.6 is 0 Å². The van der Waals surface area contributed by atoms with Crippen LogP contribution in [0.5, 0.6) is 23.0 Å². The number of carbonyl (C=O) groups excluding carboxylic acids is 1. The number of benzene rings is 3. The predicted octanol–water partition coefficient (Wildman–Crippen LogP) is 6.26. The number of ether oxygens (including phenoxy) is 4. The second-order valence-corrected chi connectivity index (χ2v) is 10.5. The summed E-state index contributed by atoms with van der Waals surface area (Å²) >= 11 is 0. The van der Waals surface area contributed by atoms with E-state index in [1.54, 1.807) is 49.5 Å². The summed E-state index contributed by atoms with van der Waals surface area (Å²) in [7, 11) is 3.18. The molecule has 3 aromatic carbocycles. The van der Waals surface area contributed by atoms with Crippen molar-refractivity contribution >= 4 is 17.5 Å². The molecule has 11 nitrogen and oxygen atoms in total. The fraction of sp³-hybridized carbons (Fsp3) is 0.200. The smallest absolute Gasteiger partial charge is 0.255 e. The van der Waals surface area contributed by atoms with E-state index in [-0.39, 0.29) is 5.91 Å². The van der Waals surface area contributed by atoms with Gasteiger partial charge in [0.1, 0.15) is 24.1 Å². The van der Waals surface area contributed by atoms with Gasteiger partial charge in [-0.2, -0.15) is 4.98 Å². The highest BCUT2D eigenvalue weighted by atomic mass is 16.5. The van der Waals surface area contributed by atoms with Crippen molar-refractivity contribution in [3.63, 3.8) is 0 Å². The number of fused-ring (bicyclic) bond motifs is 1. The van der Waals surface area contributed by atoms with Crippen molar-refractivity contribution in [3.05, 3.63) is 114 Å². The molecule has 0 saturated carbocycles. The molecule has 11 heteroatoms. The van der Waals surface area contributed by atoms with Gasteiger partial charge in [0.15, 0.2) is 17.3 Å². The molecule has 3 heterocycles. The number of hydrogen-bond acceptors (Lipinski definition) is 9. The maximum atomic E-state index is 14.0. The Morgan fingerprint density at radius 2 is 1.72 bits per heavy atom. The van der Waals surface area contributed by atoms with E-state index in [1.807, 2.05) is 74.5 Å². The minimum Gasteiger partial charge on any atom is -0.497 e. The zero-order valence-electron chi connectivity index (χ0n) is 26.0. The standard InChI is InChI=1S/C35H34N6O5/c1-5-45-30-18-24(13-14-29(30)46-21-23-10-7-6-8-11-23)32-31(34(42)38-26-12-9-15-36-20-26)22(2)37-35-39-33(40-41(32)35)25-16-27(43-3)19-28(17-25)44-4/h6-20,32H,5,21H2,1-4H3,(H,38,42)(H,37,39,40). The summed E-state index contributed by atoms with van der Waals surface area (Å²) < 4.78 is 24.9. The Hall–Kier alpha value is -5.84. The summed E-state index contributed by atoms with van der Waals surface area (Å²) in [5.41, 5.74) is 4.14. The third-order valence-corrected chi connectivity index (χ3v) is 7.45. The largest absolute Gasteiger partial charge is 0.497 e. The summed E-state index contributed by atoms with van der Waals surface area (Å²) in [5.74, 6) is 2.94. The second-order valence-electron chi connectivity index (χ2n) is 10.5. The van der Waals surface area contributed by atoms with E-state index in [1.165, 1.54) is 0 Å². The van der Waals surface area contributed by atoms with Gasteiger partial charge in [0, 0.05) is 23.5 Å². The predicted molar refractivity (Wildman–Crippen MR) is 174 cm³/mol. The molecule has 5 aromatic rings. The lowest BCUT2D eigenvalue weighted by Gasteiger charge is -2.29. The first-order valence-corrected chi connectivity index (χ1v) is 14.8. The highest BCUT2D eigenvalue weighted by molar-refractivity contribution is 6.06. The Labute approximate surface area is 266 Å². The minimum absolute atomic E-state index is 0.309. The van der Waals surface area contributed by atoms with Crippen LogP contribution in [0, 0.1) is 0 Å².